The molecule has 31 heavy (non-hydrogen) atoms. The number of piperidine rings is 1. The number of carboxylic acid groups (broad SMARTS) is 1. The highest BCUT2D eigenvalue weighted by Gasteiger charge is 2.38. The molecular formula is C19H21F3N6O3. The van der Waals surface area contributed by atoms with Crippen LogP contribution in [0.4, 0.5) is 13.2 Å². The molecule has 1 saturated heterocycles. The second-order valence-corrected chi connectivity index (χ2v) is 7.11. The van der Waals surface area contributed by atoms with E-state index in [1.165, 1.54) is 0 Å². The fourth-order valence-electron chi connectivity index (χ4n) is 3.33. The Morgan fingerprint density at radius 1 is 1.16 bits per heavy atom. The van der Waals surface area contributed by atoms with Crippen molar-refractivity contribution >= 4 is 17.5 Å². The lowest BCUT2D eigenvalue weighted by molar-refractivity contribution is -0.192. The fourth-order valence-corrected chi connectivity index (χ4v) is 3.33. The number of rotatable bonds is 2. The highest BCUT2D eigenvalue weighted by atomic mass is 19.4. The van der Waals surface area contributed by atoms with E-state index in [4.69, 9.17) is 9.90 Å². The number of alkyl halides is 3. The number of aliphatic carboxylic acids is 1. The van der Waals surface area contributed by atoms with Crippen molar-refractivity contribution in [3.8, 4) is 11.3 Å². The molecule has 3 aromatic rings. The molecule has 166 valence electrons. The largest absolute Gasteiger partial charge is 0.490 e. The molecule has 12 heteroatoms. The summed E-state index contributed by atoms with van der Waals surface area (Å²) >= 11 is 0. The second-order valence-electron chi connectivity index (χ2n) is 7.11. The van der Waals surface area contributed by atoms with Crippen LogP contribution in [-0.4, -0.2) is 65.5 Å². The Labute approximate surface area is 175 Å². The van der Waals surface area contributed by atoms with E-state index in [9.17, 15) is 18.0 Å². The zero-order valence-corrected chi connectivity index (χ0v) is 16.9. The maximum Gasteiger partial charge on any atom is 0.490 e. The van der Waals surface area contributed by atoms with Crippen molar-refractivity contribution in [2.45, 2.75) is 31.9 Å². The molecule has 0 bridgehead atoms. The number of aryl methyl sites for hydroxylation is 1. The topological polar surface area (TPSA) is 106 Å². The van der Waals surface area contributed by atoms with Crippen molar-refractivity contribution in [2.24, 2.45) is 7.05 Å². The molecule has 1 aliphatic rings. The van der Waals surface area contributed by atoms with Crippen molar-refractivity contribution in [2.75, 3.05) is 13.1 Å². The van der Waals surface area contributed by atoms with Crippen LogP contribution in [0, 0.1) is 0 Å². The fraction of sp³-hybridized carbons (Fsp3) is 0.421. The third kappa shape index (κ3) is 5.19. The molecule has 1 amide bonds. The number of hydrogen-bond donors (Lipinski definition) is 1. The minimum Gasteiger partial charge on any atom is -0.475 e. The van der Waals surface area contributed by atoms with Crippen LogP contribution in [0.2, 0.25) is 0 Å². The summed E-state index contributed by atoms with van der Waals surface area (Å²) in [4.78, 5) is 26.9. The minimum atomic E-state index is -5.08. The number of pyridine rings is 1. The van der Waals surface area contributed by atoms with Gasteiger partial charge in [-0.05, 0) is 31.0 Å². The quantitative estimate of drug-likeness (QED) is 0.659. The van der Waals surface area contributed by atoms with Crippen LogP contribution in [0.1, 0.15) is 31.5 Å². The lowest BCUT2D eigenvalue weighted by Crippen LogP contribution is -2.36. The molecule has 9 nitrogen and oxygen atoms in total. The zero-order chi connectivity index (χ0) is 22.8. The van der Waals surface area contributed by atoms with E-state index >= 15 is 0 Å². The number of nitrogens with zero attached hydrogens (tertiary/aromatic N) is 6. The molecule has 0 saturated carbocycles. The molecule has 3 aromatic heterocycles. The number of hydrogen-bond acceptors (Lipinski definition) is 5. The van der Waals surface area contributed by atoms with Crippen molar-refractivity contribution in [1.82, 2.24) is 29.3 Å². The van der Waals surface area contributed by atoms with E-state index in [1.54, 1.807) is 13.1 Å². The lowest BCUT2D eigenvalue weighted by Gasteiger charge is -2.29. The van der Waals surface area contributed by atoms with Crippen LogP contribution < -0.4 is 0 Å². The van der Waals surface area contributed by atoms with Gasteiger partial charge < -0.3 is 10.0 Å². The molecule has 1 aliphatic heterocycles. The number of halogens is 3. The van der Waals surface area contributed by atoms with Crippen molar-refractivity contribution in [3.63, 3.8) is 0 Å². The molecule has 0 spiro atoms. The van der Waals surface area contributed by atoms with Crippen LogP contribution >= 0.6 is 0 Å². The van der Waals surface area contributed by atoms with E-state index in [0.29, 0.717) is 5.92 Å². The lowest BCUT2D eigenvalue weighted by atomic mass is 9.96. The van der Waals surface area contributed by atoms with Crippen molar-refractivity contribution < 1.29 is 27.9 Å². The zero-order valence-electron chi connectivity index (χ0n) is 16.9. The van der Waals surface area contributed by atoms with Crippen LogP contribution in [0.25, 0.3) is 16.9 Å². The van der Waals surface area contributed by atoms with Gasteiger partial charge in [-0.2, -0.15) is 23.4 Å². The Kier molecular flexibility index (Phi) is 6.27. The summed E-state index contributed by atoms with van der Waals surface area (Å²) in [6, 6.07) is 6.02. The van der Waals surface area contributed by atoms with E-state index in [-0.39, 0.29) is 5.91 Å². The minimum absolute atomic E-state index is 0.150. The number of carbonyl (C=O) groups is 2. The molecular weight excluding hydrogens is 417 g/mol. The standard InChI is InChI=1S/C17H20N6O.C2HF3O2/c1-12(24)22-9-6-13(7-10-22)17-19-16-4-3-14(11-23(16)20-17)15-5-8-18-21(15)2;3-2(4,5)1(6)7/h3-5,8,11,13H,6-7,9-10H2,1-2H3;(H,6,7). The number of fused-ring (bicyclic) bond motifs is 1. The van der Waals surface area contributed by atoms with Gasteiger partial charge in [0.2, 0.25) is 5.91 Å². The first-order valence-corrected chi connectivity index (χ1v) is 9.46. The van der Waals surface area contributed by atoms with Crippen LogP contribution in [0.3, 0.4) is 0 Å². The van der Waals surface area contributed by atoms with Gasteiger partial charge in [0.05, 0.1) is 5.69 Å². The highest BCUT2D eigenvalue weighted by Crippen LogP contribution is 2.27. The summed E-state index contributed by atoms with van der Waals surface area (Å²) < 4.78 is 35.4. The Morgan fingerprint density at radius 2 is 1.81 bits per heavy atom. The average molecular weight is 438 g/mol. The van der Waals surface area contributed by atoms with Gasteiger partial charge in [-0.15, -0.1) is 0 Å². The van der Waals surface area contributed by atoms with E-state index in [2.05, 4.69) is 15.2 Å². The van der Waals surface area contributed by atoms with Crippen LogP contribution in [0.5, 0.6) is 0 Å². The van der Waals surface area contributed by atoms with Gasteiger partial charge >= 0.3 is 12.1 Å². The summed E-state index contributed by atoms with van der Waals surface area (Å²) in [7, 11) is 1.93. The van der Waals surface area contributed by atoms with Gasteiger partial charge in [-0.25, -0.2) is 14.3 Å². The van der Waals surface area contributed by atoms with Gasteiger partial charge in [-0.3, -0.25) is 9.48 Å². The Balaban J connectivity index is 0.000000339. The van der Waals surface area contributed by atoms with Crippen LogP contribution in [-0.2, 0) is 16.6 Å². The predicted molar refractivity (Wildman–Crippen MR) is 103 cm³/mol. The van der Waals surface area contributed by atoms with Gasteiger partial charge in [-0.1, -0.05) is 0 Å². The Morgan fingerprint density at radius 3 is 2.32 bits per heavy atom. The third-order valence-electron chi connectivity index (χ3n) is 5.01. The maximum atomic E-state index is 11.4. The molecule has 4 heterocycles. The van der Waals surface area contributed by atoms with E-state index in [1.807, 2.05) is 45.5 Å². The number of aromatic nitrogens is 5. The van der Waals surface area contributed by atoms with Gasteiger partial charge in [0, 0.05) is 50.9 Å². The molecule has 0 aliphatic carbocycles. The maximum absolute atomic E-state index is 11.4. The van der Waals surface area contributed by atoms with E-state index < -0.39 is 12.1 Å². The monoisotopic (exact) mass is 438 g/mol. The average Bonchev–Trinajstić information content (AvgIpc) is 3.33. The first-order valence-electron chi connectivity index (χ1n) is 9.46. The van der Waals surface area contributed by atoms with Crippen molar-refractivity contribution in [1.29, 1.82) is 0 Å². The highest BCUT2D eigenvalue weighted by molar-refractivity contribution is 5.73. The first kappa shape index (κ1) is 22.2. The molecule has 4 rings (SSSR count). The van der Waals surface area contributed by atoms with Gasteiger partial charge in [0.1, 0.15) is 0 Å². The molecule has 0 unspecified atom stereocenters. The molecule has 1 fully saturated rings. The molecule has 0 atom stereocenters. The SMILES string of the molecule is CC(=O)N1CCC(c2nc3ccc(-c4ccnn4C)cn3n2)CC1.O=C(O)C(F)(F)F. The Hall–Kier alpha value is -3.44. The number of likely N-dealkylation sites (tertiary alicyclic amines) is 1. The Bertz CT molecular complexity index is 1080. The third-order valence-corrected chi connectivity index (χ3v) is 5.01. The van der Waals surface area contributed by atoms with E-state index in [0.717, 1.165) is 48.7 Å². The second kappa shape index (κ2) is 8.74. The van der Waals surface area contributed by atoms with Gasteiger partial charge in [0.15, 0.2) is 11.5 Å². The summed E-state index contributed by atoms with van der Waals surface area (Å²) in [6.07, 6.45) is 0.540. The van der Waals surface area contributed by atoms with Crippen LogP contribution in [0.15, 0.2) is 30.6 Å². The summed E-state index contributed by atoms with van der Waals surface area (Å²) in [5.74, 6) is -1.41. The van der Waals surface area contributed by atoms with Gasteiger partial charge in [0.25, 0.3) is 0 Å². The number of amides is 1. The number of carboxylic acids is 1. The normalized spacial score (nSPS) is 14.9. The first-order chi connectivity index (χ1) is 14.6. The molecule has 1 N–H and O–H groups in total. The predicted octanol–water partition coefficient (Wildman–Crippen LogP) is 2.49. The molecule has 0 aromatic carbocycles. The summed E-state index contributed by atoms with van der Waals surface area (Å²) in [5, 5.41) is 16.0. The smallest absolute Gasteiger partial charge is 0.475 e. The summed E-state index contributed by atoms with van der Waals surface area (Å²) in [6.45, 7) is 3.20. The molecule has 0 radical (unpaired) electrons. The number of carbonyl (C=O) groups excluding carboxylic acids is 1. The summed E-state index contributed by atoms with van der Waals surface area (Å²) in [5.41, 5.74) is 2.96. The van der Waals surface area contributed by atoms with Crippen molar-refractivity contribution in [3.05, 3.63) is 36.4 Å².